The average Bonchev–Trinajstić information content (AvgIpc) is 2.11. The lowest BCUT2D eigenvalue weighted by atomic mass is 9.69. The van der Waals surface area contributed by atoms with Crippen molar-refractivity contribution in [2.45, 2.75) is 33.6 Å². The second-order valence-electron chi connectivity index (χ2n) is 5.36. The minimum atomic E-state index is -0.363. The van der Waals surface area contributed by atoms with Crippen LogP contribution in [0.25, 0.3) is 0 Å². The van der Waals surface area contributed by atoms with Gasteiger partial charge in [-0.3, -0.25) is 14.9 Å². The van der Waals surface area contributed by atoms with Crippen LogP contribution in [0.4, 0.5) is 0 Å². The van der Waals surface area contributed by atoms with Crippen LogP contribution in [-0.4, -0.2) is 25.5 Å². The van der Waals surface area contributed by atoms with Crippen molar-refractivity contribution in [1.82, 2.24) is 5.32 Å². The molecule has 1 rings (SSSR count). The summed E-state index contributed by atoms with van der Waals surface area (Å²) < 4.78 is 5.16. The van der Waals surface area contributed by atoms with Crippen LogP contribution in [0.15, 0.2) is 0 Å². The van der Waals surface area contributed by atoms with Gasteiger partial charge in [-0.05, 0) is 12.3 Å². The average molecular weight is 227 g/mol. The molecule has 4 heteroatoms. The minimum Gasteiger partial charge on any atom is -0.384 e. The zero-order valence-corrected chi connectivity index (χ0v) is 10.5. The number of methoxy groups -OCH3 is 1. The standard InChI is InChI=1S/C12H21NO3/c1-8(2)5-9-11(15)13-10(14)6-12(9,3)7-16-4/h8-9H,5-7H2,1-4H3,(H,13,14,15). The molecule has 2 amide bonds. The van der Waals surface area contributed by atoms with Crippen molar-refractivity contribution in [3.63, 3.8) is 0 Å². The Morgan fingerprint density at radius 3 is 2.62 bits per heavy atom. The van der Waals surface area contributed by atoms with Gasteiger partial charge in [-0.1, -0.05) is 20.8 Å². The van der Waals surface area contributed by atoms with Gasteiger partial charge in [-0.25, -0.2) is 0 Å². The third kappa shape index (κ3) is 2.82. The molecule has 16 heavy (non-hydrogen) atoms. The van der Waals surface area contributed by atoms with Crippen LogP contribution in [-0.2, 0) is 14.3 Å². The van der Waals surface area contributed by atoms with Crippen LogP contribution in [0.5, 0.6) is 0 Å². The smallest absolute Gasteiger partial charge is 0.230 e. The zero-order chi connectivity index (χ0) is 12.3. The van der Waals surface area contributed by atoms with Crippen molar-refractivity contribution in [2.75, 3.05) is 13.7 Å². The van der Waals surface area contributed by atoms with Crippen molar-refractivity contribution >= 4 is 11.8 Å². The van der Waals surface area contributed by atoms with E-state index in [1.165, 1.54) is 0 Å². The maximum atomic E-state index is 11.8. The van der Waals surface area contributed by atoms with Crippen molar-refractivity contribution in [2.24, 2.45) is 17.3 Å². The van der Waals surface area contributed by atoms with Crippen molar-refractivity contribution in [3.8, 4) is 0 Å². The van der Waals surface area contributed by atoms with Crippen LogP contribution < -0.4 is 5.32 Å². The molecule has 2 atom stereocenters. The summed E-state index contributed by atoms with van der Waals surface area (Å²) >= 11 is 0. The van der Waals surface area contributed by atoms with E-state index in [2.05, 4.69) is 19.2 Å². The van der Waals surface area contributed by atoms with E-state index in [0.717, 1.165) is 6.42 Å². The highest BCUT2D eigenvalue weighted by Gasteiger charge is 2.45. The van der Waals surface area contributed by atoms with Gasteiger partial charge in [-0.2, -0.15) is 0 Å². The molecule has 1 saturated heterocycles. The molecule has 1 heterocycles. The molecule has 4 nitrogen and oxygen atoms in total. The molecule has 0 aromatic rings. The highest BCUT2D eigenvalue weighted by Crippen LogP contribution is 2.38. The van der Waals surface area contributed by atoms with E-state index in [1.54, 1.807) is 7.11 Å². The molecular formula is C12H21NO3. The number of hydrogen-bond donors (Lipinski definition) is 1. The predicted molar refractivity (Wildman–Crippen MR) is 60.7 cm³/mol. The lowest BCUT2D eigenvalue weighted by molar-refractivity contribution is -0.146. The number of nitrogens with one attached hydrogen (secondary N) is 1. The summed E-state index contributed by atoms with van der Waals surface area (Å²) in [7, 11) is 1.61. The van der Waals surface area contributed by atoms with Crippen LogP contribution in [0.3, 0.4) is 0 Å². The minimum absolute atomic E-state index is 0.134. The van der Waals surface area contributed by atoms with Gasteiger partial charge >= 0.3 is 0 Å². The Morgan fingerprint density at radius 1 is 1.50 bits per heavy atom. The number of amides is 2. The third-order valence-corrected chi connectivity index (χ3v) is 3.17. The topological polar surface area (TPSA) is 55.4 Å². The van der Waals surface area contributed by atoms with Gasteiger partial charge in [0.15, 0.2) is 0 Å². The normalized spacial score (nSPS) is 30.7. The number of carbonyl (C=O) groups is 2. The molecule has 1 fully saturated rings. The summed E-state index contributed by atoms with van der Waals surface area (Å²) in [4.78, 5) is 23.3. The molecule has 0 spiro atoms. The Bertz CT molecular complexity index is 288. The predicted octanol–water partition coefficient (Wildman–Crippen LogP) is 1.35. The summed E-state index contributed by atoms with van der Waals surface area (Å²) in [5.41, 5.74) is -0.363. The quantitative estimate of drug-likeness (QED) is 0.737. The molecule has 1 aliphatic rings. The van der Waals surface area contributed by atoms with Crippen LogP contribution in [0.1, 0.15) is 33.6 Å². The van der Waals surface area contributed by atoms with Gasteiger partial charge in [0.05, 0.1) is 6.61 Å². The van der Waals surface area contributed by atoms with E-state index >= 15 is 0 Å². The SMILES string of the molecule is COCC1(C)CC(=O)NC(=O)C1CC(C)C. The summed E-state index contributed by atoms with van der Waals surface area (Å²) in [6.45, 7) is 6.57. The number of carbonyl (C=O) groups excluding carboxylic acids is 2. The Labute approximate surface area is 96.7 Å². The number of piperidine rings is 1. The fourth-order valence-corrected chi connectivity index (χ4v) is 2.42. The second-order valence-corrected chi connectivity index (χ2v) is 5.36. The van der Waals surface area contributed by atoms with Gasteiger partial charge in [0.25, 0.3) is 0 Å². The first-order valence-corrected chi connectivity index (χ1v) is 5.71. The molecule has 0 bridgehead atoms. The molecule has 2 unspecified atom stereocenters. The first kappa shape index (κ1) is 13.2. The molecule has 0 aromatic heterocycles. The van der Waals surface area contributed by atoms with E-state index in [0.29, 0.717) is 18.9 Å². The summed E-state index contributed by atoms with van der Waals surface area (Å²) in [6, 6.07) is 0. The fourth-order valence-electron chi connectivity index (χ4n) is 2.42. The van der Waals surface area contributed by atoms with Gasteiger partial charge in [0, 0.05) is 24.9 Å². The Morgan fingerprint density at radius 2 is 2.12 bits per heavy atom. The molecule has 0 radical (unpaired) electrons. The number of rotatable bonds is 4. The first-order valence-electron chi connectivity index (χ1n) is 5.71. The fraction of sp³-hybridized carbons (Fsp3) is 0.833. The molecule has 1 N–H and O–H groups in total. The van der Waals surface area contributed by atoms with E-state index in [9.17, 15) is 9.59 Å². The van der Waals surface area contributed by atoms with Gasteiger partial charge < -0.3 is 4.74 Å². The maximum Gasteiger partial charge on any atom is 0.230 e. The Kier molecular flexibility index (Phi) is 4.08. The molecular weight excluding hydrogens is 206 g/mol. The number of ether oxygens (including phenoxy) is 1. The monoisotopic (exact) mass is 227 g/mol. The number of imide groups is 1. The van der Waals surface area contributed by atoms with Crippen molar-refractivity contribution in [1.29, 1.82) is 0 Å². The van der Waals surface area contributed by atoms with Gasteiger partial charge in [0.2, 0.25) is 11.8 Å². The molecule has 92 valence electrons. The summed E-state index contributed by atoms with van der Waals surface area (Å²) in [6.07, 6.45) is 1.16. The molecule has 0 aliphatic carbocycles. The molecule has 0 saturated carbocycles. The zero-order valence-electron chi connectivity index (χ0n) is 10.5. The van der Waals surface area contributed by atoms with Crippen LogP contribution in [0.2, 0.25) is 0 Å². The second kappa shape index (κ2) is 4.95. The first-order chi connectivity index (χ1) is 7.39. The summed E-state index contributed by atoms with van der Waals surface area (Å²) in [5.74, 6) is -0.0423. The lowest BCUT2D eigenvalue weighted by Crippen LogP contribution is -2.53. The third-order valence-electron chi connectivity index (χ3n) is 3.17. The highest BCUT2D eigenvalue weighted by molar-refractivity contribution is 5.99. The van der Waals surface area contributed by atoms with E-state index in [1.807, 2.05) is 6.92 Å². The van der Waals surface area contributed by atoms with Gasteiger partial charge in [-0.15, -0.1) is 0 Å². The molecule has 1 aliphatic heterocycles. The van der Waals surface area contributed by atoms with Crippen LogP contribution >= 0.6 is 0 Å². The Balaban J connectivity index is 2.88. The largest absolute Gasteiger partial charge is 0.384 e. The van der Waals surface area contributed by atoms with E-state index in [-0.39, 0.29) is 23.1 Å². The highest BCUT2D eigenvalue weighted by atomic mass is 16.5. The maximum absolute atomic E-state index is 11.8. The summed E-state index contributed by atoms with van der Waals surface area (Å²) in [5, 5.41) is 2.41. The van der Waals surface area contributed by atoms with Crippen molar-refractivity contribution in [3.05, 3.63) is 0 Å². The van der Waals surface area contributed by atoms with Gasteiger partial charge in [0.1, 0.15) is 0 Å². The lowest BCUT2D eigenvalue weighted by Gasteiger charge is -2.39. The van der Waals surface area contributed by atoms with Crippen LogP contribution in [0, 0.1) is 17.3 Å². The van der Waals surface area contributed by atoms with Crippen molar-refractivity contribution < 1.29 is 14.3 Å². The van der Waals surface area contributed by atoms with E-state index in [4.69, 9.17) is 4.74 Å². The molecule has 0 aromatic carbocycles. The Hall–Kier alpha value is -0.900. The number of hydrogen-bond acceptors (Lipinski definition) is 3. The van der Waals surface area contributed by atoms with E-state index < -0.39 is 0 Å².